The molecule has 0 radical (unpaired) electrons. The SMILES string of the molecule is COc1ccc2c(c1)CCC1=C3C[C@H](OC)C[C@]3(Cc3ccccc3)CC[C@]12CCOCc1ccccc1. The first-order valence-corrected chi connectivity index (χ1v) is 14.2. The number of ether oxygens (including phenoxy) is 3. The van der Waals surface area contributed by atoms with Crippen molar-refractivity contribution in [1.82, 2.24) is 0 Å². The van der Waals surface area contributed by atoms with E-state index in [9.17, 15) is 0 Å². The Morgan fingerprint density at radius 1 is 0.816 bits per heavy atom. The van der Waals surface area contributed by atoms with Crippen LogP contribution >= 0.6 is 0 Å². The second-order valence-corrected chi connectivity index (χ2v) is 11.6. The molecule has 0 amide bonds. The van der Waals surface area contributed by atoms with Gasteiger partial charge in [-0.15, -0.1) is 0 Å². The molecule has 3 atom stereocenters. The van der Waals surface area contributed by atoms with Gasteiger partial charge in [-0.3, -0.25) is 0 Å². The zero-order valence-corrected chi connectivity index (χ0v) is 22.9. The maximum absolute atomic E-state index is 6.33. The molecule has 0 N–H and O–H groups in total. The molecular weight excluding hydrogens is 468 g/mol. The summed E-state index contributed by atoms with van der Waals surface area (Å²) in [5.74, 6) is 0.963. The van der Waals surface area contributed by atoms with Gasteiger partial charge in [-0.25, -0.2) is 0 Å². The molecule has 3 aromatic carbocycles. The van der Waals surface area contributed by atoms with E-state index in [1.165, 1.54) is 35.1 Å². The number of aryl methyl sites for hydroxylation is 1. The van der Waals surface area contributed by atoms with E-state index in [0.29, 0.717) is 12.7 Å². The Morgan fingerprint density at radius 3 is 2.32 bits per heavy atom. The second-order valence-electron chi connectivity index (χ2n) is 11.6. The molecule has 3 nitrogen and oxygen atoms in total. The second kappa shape index (κ2) is 10.7. The molecule has 3 heteroatoms. The molecule has 0 bridgehead atoms. The van der Waals surface area contributed by atoms with E-state index in [2.05, 4.69) is 78.9 Å². The first-order valence-electron chi connectivity index (χ1n) is 14.2. The largest absolute Gasteiger partial charge is 0.497 e. The van der Waals surface area contributed by atoms with Gasteiger partial charge >= 0.3 is 0 Å². The zero-order valence-electron chi connectivity index (χ0n) is 22.9. The van der Waals surface area contributed by atoms with Gasteiger partial charge < -0.3 is 14.2 Å². The van der Waals surface area contributed by atoms with Crippen LogP contribution in [0, 0.1) is 5.41 Å². The lowest BCUT2D eigenvalue weighted by molar-refractivity contribution is 0.0845. The van der Waals surface area contributed by atoms with Crippen LogP contribution in [0.5, 0.6) is 5.75 Å². The summed E-state index contributed by atoms with van der Waals surface area (Å²) < 4.78 is 18.0. The number of fused-ring (bicyclic) bond motifs is 4. The topological polar surface area (TPSA) is 27.7 Å². The van der Waals surface area contributed by atoms with Crippen molar-refractivity contribution >= 4 is 0 Å². The van der Waals surface area contributed by atoms with Gasteiger partial charge in [0.15, 0.2) is 0 Å². The highest BCUT2D eigenvalue weighted by molar-refractivity contribution is 5.53. The Kier molecular flexibility index (Phi) is 7.16. The lowest BCUT2D eigenvalue weighted by atomic mass is 9.53. The number of hydrogen-bond donors (Lipinski definition) is 0. The summed E-state index contributed by atoms with van der Waals surface area (Å²) in [6, 6.07) is 28.4. The van der Waals surface area contributed by atoms with Gasteiger partial charge in [0.05, 0.1) is 19.8 Å². The normalized spacial score (nSPS) is 26.0. The van der Waals surface area contributed by atoms with Crippen molar-refractivity contribution in [1.29, 1.82) is 0 Å². The van der Waals surface area contributed by atoms with Crippen LogP contribution in [0.15, 0.2) is 90.0 Å². The van der Waals surface area contributed by atoms with Crippen LogP contribution in [0.1, 0.15) is 60.8 Å². The molecule has 0 heterocycles. The summed E-state index contributed by atoms with van der Waals surface area (Å²) >= 11 is 0. The molecule has 1 fully saturated rings. The summed E-state index contributed by atoms with van der Waals surface area (Å²) in [7, 11) is 3.67. The van der Waals surface area contributed by atoms with E-state index < -0.39 is 0 Å². The fourth-order valence-corrected chi connectivity index (χ4v) is 7.82. The van der Waals surface area contributed by atoms with Crippen molar-refractivity contribution in [3.05, 3.63) is 112 Å². The van der Waals surface area contributed by atoms with E-state index in [0.717, 1.165) is 50.9 Å². The number of allylic oxidation sites excluding steroid dienone is 1. The van der Waals surface area contributed by atoms with Crippen LogP contribution in [0.3, 0.4) is 0 Å². The molecule has 198 valence electrons. The van der Waals surface area contributed by atoms with Gasteiger partial charge in [-0.2, -0.15) is 0 Å². The summed E-state index contributed by atoms with van der Waals surface area (Å²) in [6.45, 7) is 1.43. The standard InChI is InChI=1S/C35H40O3/c1-36-29-14-16-31-28(21-29)13-15-32-33-22-30(37-2)24-34(33,23-26-9-5-3-6-10-26)17-18-35(31,32)19-20-38-25-27-11-7-4-8-12-27/h3-12,14,16,21,30H,13,15,17-20,22-25H2,1-2H3/t30-,34+,35+/m0/s1. The Morgan fingerprint density at radius 2 is 1.58 bits per heavy atom. The Hall–Kier alpha value is -2.88. The summed E-state index contributed by atoms with van der Waals surface area (Å²) in [5, 5.41) is 0. The average molecular weight is 509 g/mol. The molecule has 0 saturated heterocycles. The predicted octanol–water partition coefficient (Wildman–Crippen LogP) is 7.61. The van der Waals surface area contributed by atoms with Crippen LogP contribution in [0.25, 0.3) is 0 Å². The third-order valence-corrected chi connectivity index (χ3v) is 9.64. The highest BCUT2D eigenvalue weighted by Crippen LogP contribution is 2.62. The number of rotatable bonds is 9. The van der Waals surface area contributed by atoms with Crippen molar-refractivity contribution < 1.29 is 14.2 Å². The molecule has 6 rings (SSSR count). The van der Waals surface area contributed by atoms with Crippen molar-refractivity contribution in [3.63, 3.8) is 0 Å². The predicted molar refractivity (Wildman–Crippen MR) is 153 cm³/mol. The smallest absolute Gasteiger partial charge is 0.119 e. The third kappa shape index (κ3) is 4.61. The maximum Gasteiger partial charge on any atom is 0.119 e. The highest BCUT2D eigenvalue weighted by Gasteiger charge is 2.54. The van der Waals surface area contributed by atoms with Crippen molar-refractivity contribution in [2.75, 3.05) is 20.8 Å². The van der Waals surface area contributed by atoms with Crippen LogP contribution in [0.4, 0.5) is 0 Å². The van der Waals surface area contributed by atoms with Crippen molar-refractivity contribution in [3.8, 4) is 5.75 Å². The van der Waals surface area contributed by atoms with E-state index in [1.54, 1.807) is 18.3 Å². The Labute approximate surface area is 227 Å². The van der Waals surface area contributed by atoms with E-state index in [-0.39, 0.29) is 10.8 Å². The molecule has 38 heavy (non-hydrogen) atoms. The molecule has 0 unspecified atom stereocenters. The summed E-state index contributed by atoms with van der Waals surface area (Å²) in [6.07, 6.45) is 9.22. The number of methoxy groups -OCH3 is 2. The van der Waals surface area contributed by atoms with E-state index in [1.807, 2.05) is 7.11 Å². The first kappa shape index (κ1) is 25.4. The Bertz CT molecular complexity index is 1280. The van der Waals surface area contributed by atoms with Crippen LogP contribution in [-0.4, -0.2) is 26.9 Å². The fourth-order valence-electron chi connectivity index (χ4n) is 7.82. The fraction of sp³-hybridized carbons (Fsp3) is 0.429. The molecule has 0 aliphatic heterocycles. The van der Waals surface area contributed by atoms with E-state index in [4.69, 9.17) is 14.2 Å². The van der Waals surface area contributed by atoms with E-state index >= 15 is 0 Å². The summed E-state index contributed by atoms with van der Waals surface area (Å²) in [4.78, 5) is 0. The van der Waals surface area contributed by atoms with Gasteiger partial charge in [0.2, 0.25) is 0 Å². The van der Waals surface area contributed by atoms with Crippen molar-refractivity contribution in [2.24, 2.45) is 5.41 Å². The molecule has 1 saturated carbocycles. The van der Waals surface area contributed by atoms with Crippen LogP contribution in [0.2, 0.25) is 0 Å². The van der Waals surface area contributed by atoms with Gasteiger partial charge in [0, 0.05) is 19.1 Å². The number of hydrogen-bond acceptors (Lipinski definition) is 3. The maximum atomic E-state index is 6.33. The summed E-state index contributed by atoms with van der Waals surface area (Å²) in [5.41, 5.74) is 9.27. The lowest BCUT2D eigenvalue weighted by Gasteiger charge is -2.51. The third-order valence-electron chi connectivity index (χ3n) is 9.64. The minimum absolute atomic E-state index is 0.0364. The minimum Gasteiger partial charge on any atom is -0.497 e. The Balaban J connectivity index is 1.38. The van der Waals surface area contributed by atoms with Gasteiger partial charge in [-0.1, -0.05) is 77.9 Å². The average Bonchev–Trinajstić information content (AvgIpc) is 3.34. The highest BCUT2D eigenvalue weighted by atomic mass is 16.5. The molecule has 0 spiro atoms. The minimum atomic E-state index is 0.0364. The molecular formula is C35H40O3. The van der Waals surface area contributed by atoms with Gasteiger partial charge in [-0.05, 0) is 91.2 Å². The zero-order chi connectivity index (χ0) is 26.0. The van der Waals surface area contributed by atoms with Crippen LogP contribution in [-0.2, 0) is 34.3 Å². The molecule has 0 aromatic heterocycles. The monoisotopic (exact) mass is 508 g/mol. The molecule has 3 aliphatic rings. The lowest BCUT2D eigenvalue weighted by Crippen LogP contribution is -2.43. The quantitative estimate of drug-likeness (QED) is 0.220. The molecule has 3 aliphatic carbocycles. The van der Waals surface area contributed by atoms with Crippen LogP contribution < -0.4 is 4.74 Å². The van der Waals surface area contributed by atoms with Gasteiger partial charge in [0.25, 0.3) is 0 Å². The first-order chi connectivity index (χ1) is 18.7. The van der Waals surface area contributed by atoms with Crippen molar-refractivity contribution in [2.45, 2.75) is 69.5 Å². The van der Waals surface area contributed by atoms with Gasteiger partial charge in [0.1, 0.15) is 5.75 Å². The molecule has 3 aromatic rings. The number of benzene rings is 3.